The summed E-state index contributed by atoms with van der Waals surface area (Å²) in [6.45, 7) is 5.13. The number of aromatic nitrogens is 1. The minimum absolute atomic E-state index is 0.486. The maximum Gasteiger partial charge on any atom is 0.218 e. The van der Waals surface area contributed by atoms with Gasteiger partial charge in [0.25, 0.3) is 0 Å². The Morgan fingerprint density at radius 3 is 2.72 bits per heavy atom. The van der Waals surface area contributed by atoms with Crippen molar-refractivity contribution in [1.29, 1.82) is 0 Å². The normalized spacial score (nSPS) is 11.2. The molecule has 0 saturated carbocycles. The van der Waals surface area contributed by atoms with Crippen molar-refractivity contribution in [2.75, 3.05) is 26.8 Å². The van der Waals surface area contributed by atoms with Gasteiger partial charge in [0, 0.05) is 32.0 Å². The Morgan fingerprint density at radius 1 is 1.12 bits per heavy atom. The molecule has 0 saturated heterocycles. The topological polar surface area (TPSA) is 67.8 Å². The lowest BCUT2D eigenvalue weighted by Gasteiger charge is -2.12. The van der Waals surface area contributed by atoms with Crippen LogP contribution in [0.3, 0.4) is 0 Å². The van der Waals surface area contributed by atoms with Crippen molar-refractivity contribution in [2.24, 2.45) is 4.99 Å². The highest BCUT2D eigenvalue weighted by Crippen LogP contribution is 2.17. The van der Waals surface area contributed by atoms with E-state index in [9.17, 15) is 0 Å². The molecule has 134 valence electrons. The average Bonchev–Trinajstić information content (AvgIpc) is 2.66. The average molecular weight is 342 g/mol. The van der Waals surface area contributed by atoms with Crippen molar-refractivity contribution in [1.82, 2.24) is 15.6 Å². The molecule has 0 amide bonds. The molecule has 25 heavy (non-hydrogen) atoms. The Morgan fingerprint density at radius 2 is 1.96 bits per heavy atom. The summed E-state index contributed by atoms with van der Waals surface area (Å²) in [7, 11) is 1.68. The number of nitrogens with zero attached hydrogens (tertiary/aromatic N) is 2. The summed E-state index contributed by atoms with van der Waals surface area (Å²) in [4.78, 5) is 8.93. The molecule has 6 nitrogen and oxygen atoms in total. The van der Waals surface area contributed by atoms with Crippen LogP contribution in [0.25, 0.3) is 0 Å². The van der Waals surface area contributed by atoms with Crippen LogP contribution in [0.5, 0.6) is 5.88 Å². The van der Waals surface area contributed by atoms with Crippen molar-refractivity contribution in [3.05, 3.63) is 59.8 Å². The Bertz CT molecular complexity index is 647. The molecule has 0 spiro atoms. The minimum atomic E-state index is 0.486. The highest BCUT2D eigenvalue weighted by molar-refractivity contribution is 5.79. The molecule has 0 fully saturated rings. The molecule has 0 radical (unpaired) electrons. The molecule has 0 aliphatic heterocycles. The Balaban J connectivity index is 1.99. The van der Waals surface area contributed by atoms with Gasteiger partial charge in [0.15, 0.2) is 5.96 Å². The third-order valence-electron chi connectivity index (χ3n) is 3.42. The number of hydrogen-bond acceptors (Lipinski definition) is 4. The van der Waals surface area contributed by atoms with E-state index in [0.29, 0.717) is 32.2 Å². The van der Waals surface area contributed by atoms with Gasteiger partial charge in [-0.2, -0.15) is 0 Å². The first-order valence-electron chi connectivity index (χ1n) is 8.45. The number of aliphatic imine (C=N–C) groups is 1. The van der Waals surface area contributed by atoms with Crippen LogP contribution in [0.15, 0.2) is 53.7 Å². The fourth-order valence-electron chi connectivity index (χ4n) is 2.18. The first kappa shape index (κ1) is 18.7. The standard InChI is InChI=1S/C19H26N4O2/c1-3-20-19(22-12-13-24-2)23-14-17-10-7-11-21-18(17)25-15-16-8-5-4-6-9-16/h4-11H,3,12-15H2,1-2H3,(H2,20,22,23). The van der Waals surface area contributed by atoms with Gasteiger partial charge in [0.05, 0.1) is 13.2 Å². The number of benzene rings is 1. The number of nitrogens with one attached hydrogen (secondary N) is 2. The highest BCUT2D eigenvalue weighted by atomic mass is 16.5. The minimum Gasteiger partial charge on any atom is -0.473 e. The van der Waals surface area contributed by atoms with Crippen LogP contribution in [0, 0.1) is 0 Å². The van der Waals surface area contributed by atoms with Crippen LogP contribution in [0.1, 0.15) is 18.1 Å². The second-order valence-corrected chi connectivity index (χ2v) is 5.36. The summed E-state index contributed by atoms with van der Waals surface area (Å²) in [6, 6.07) is 13.9. The van der Waals surface area contributed by atoms with E-state index in [4.69, 9.17) is 9.47 Å². The maximum atomic E-state index is 5.87. The number of guanidine groups is 1. The monoisotopic (exact) mass is 342 g/mol. The van der Waals surface area contributed by atoms with Crippen molar-refractivity contribution >= 4 is 5.96 Å². The molecule has 0 bridgehead atoms. The summed E-state index contributed by atoms with van der Waals surface area (Å²) in [5.74, 6) is 1.36. The molecule has 0 aliphatic carbocycles. The van der Waals surface area contributed by atoms with Crippen molar-refractivity contribution < 1.29 is 9.47 Å². The first-order valence-corrected chi connectivity index (χ1v) is 8.45. The molecule has 0 unspecified atom stereocenters. The third-order valence-corrected chi connectivity index (χ3v) is 3.42. The van der Waals surface area contributed by atoms with Gasteiger partial charge in [-0.05, 0) is 18.6 Å². The number of pyridine rings is 1. The van der Waals surface area contributed by atoms with Gasteiger partial charge in [-0.1, -0.05) is 36.4 Å². The van der Waals surface area contributed by atoms with Gasteiger partial charge < -0.3 is 20.1 Å². The summed E-state index contributed by atoms with van der Waals surface area (Å²) >= 11 is 0. The molecule has 1 aromatic carbocycles. The number of rotatable bonds is 9. The Kier molecular flexibility index (Phi) is 8.27. The molecule has 0 atom stereocenters. The van der Waals surface area contributed by atoms with Crippen LogP contribution in [0.4, 0.5) is 0 Å². The van der Waals surface area contributed by atoms with E-state index >= 15 is 0 Å². The van der Waals surface area contributed by atoms with Gasteiger partial charge in [-0.25, -0.2) is 9.98 Å². The molecule has 2 N–H and O–H groups in total. The predicted molar refractivity (Wildman–Crippen MR) is 99.7 cm³/mol. The summed E-state index contributed by atoms with van der Waals surface area (Å²) in [5, 5.41) is 6.43. The van der Waals surface area contributed by atoms with Gasteiger partial charge in [-0.3, -0.25) is 0 Å². The number of ether oxygens (including phenoxy) is 2. The zero-order chi connectivity index (χ0) is 17.7. The highest BCUT2D eigenvalue weighted by Gasteiger charge is 2.05. The molecule has 1 aromatic heterocycles. The fraction of sp³-hybridized carbons (Fsp3) is 0.368. The molecule has 0 aliphatic rings. The van der Waals surface area contributed by atoms with Crippen LogP contribution in [0.2, 0.25) is 0 Å². The quantitative estimate of drug-likeness (QED) is 0.416. The molecule has 2 aromatic rings. The van der Waals surface area contributed by atoms with E-state index < -0.39 is 0 Å². The van der Waals surface area contributed by atoms with E-state index in [1.165, 1.54) is 0 Å². The maximum absolute atomic E-state index is 5.87. The van der Waals surface area contributed by atoms with Crippen LogP contribution < -0.4 is 15.4 Å². The van der Waals surface area contributed by atoms with Crippen molar-refractivity contribution in [3.8, 4) is 5.88 Å². The lowest BCUT2D eigenvalue weighted by Crippen LogP contribution is -2.38. The molecule has 1 heterocycles. The summed E-state index contributed by atoms with van der Waals surface area (Å²) in [6.07, 6.45) is 1.73. The first-order chi connectivity index (χ1) is 12.3. The van der Waals surface area contributed by atoms with Gasteiger partial charge in [0.1, 0.15) is 6.61 Å². The van der Waals surface area contributed by atoms with E-state index in [-0.39, 0.29) is 0 Å². The van der Waals surface area contributed by atoms with E-state index in [1.807, 2.05) is 49.4 Å². The van der Waals surface area contributed by atoms with Crippen LogP contribution in [-0.4, -0.2) is 37.7 Å². The van der Waals surface area contributed by atoms with Crippen LogP contribution in [-0.2, 0) is 17.9 Å². The van der Waals surface area contributed by atoms with Crippen molar-refractivity contribution in [3.63, 3.8) is 0 Å². The lowest BCUT2D eigenvalue weighted by atomic mass is 10.2. The Labute approximate surface area is 149 Å². The zero-order valence-electron chi connectivity index (χ0n) is 14.9. The summed E-state index contributed by atoms with van der Waals surface area (Å²) in [5.41, 5.74) is 2.06. The summed E-state index contributed by atoms with van der Waals surface area (Å²) < 4.78 is 10.9. The largest absolute Gasteiger partial charge is 0.473 e. The van der Waals surface area contributed by atoms with E-state index in [2.05, 4.69) is 20.6 Å². The van der Waals surface area contributed by atoms with E-state index in [0.717, 1.165) is 23.6 Å². The molecular weight excluding hydrogens is 316 g/mol. The second kappa shape index (κ2) is 11.0. The Hall–Kier alpha value is -2.60. The fourth-order valence-corrected chi connectivity index (χ4v) is 2.18. The molecule has 2 rings (SSSR count). The van der Waals surface area contributed by atoms with Crippen LogP contribution >= 0.6 is 0 Å². The number of methoxy groups -OCH3 is 1. The third kappa shape index (κ3) is 6.81. The smallest absolute Gasteiger partial charge is 0.218 e. The van der Waals surface area contributed by atoms with Gasteiger partial charge in [-0.15, -0.1) is 0 Å². The van der Waals surface area contributed by atoms with Gasteiger partial charge >= 0.3 is 0 Å². The zero-order valence-corrected chi connectivity index (χ0v) is 14.9. The van der Waals surface area contributed by atoms with Gasteiger partial charge in [0.2, 0.25) is 5.88 Å². The SMILES string of the molecule is CCNC(=NCc1cccnc1OCc1ccccc1)NCCOC. The molecular formula is C19H26N4O2. The van der Waals surface area contributed by atoms with Crippen molar-refractivity contribution in [2.45, 2.75) is 20.1 Å². The van der Waals surface area contributed by atoms with E-state index in [1.54, 1.807) is 13.3 Å². The molecule has 6 heteroatoms. The predicted octanol–water partition coefficient (Wildman–Crippen LogP) is 2.36. The number of hydrogen-bond donors (Lipinski definition) is 2. The second-order valence-electron chi connectivity index (χ2n) is 5.36. The lowest BCUT2D eigenvalue weighted by molar-refractivity contribution is 0.203.